The second-order valence-electron chi connectivity index (χ2n) is 2.82. The monoisotopic (exact) mass is 295 g/mol. The zero-order valence-electron chi connectivity index (χ0n) is 7.09. The van der Waals surface area contributed by atoms with Crippen molar-refractivity contribution in [3.05, 3.63) is 15.3 Å². The summed E-state index contributed by atoms with van der Waals surface area (Å²) >= 11 is 6.73. The van der Waals surface area contributed by atoms with E-state index in [1.165, 1.54) is 0 Å². The van der Waals surface area contributed by atoms with Gasteiger partial charge in [0.2, 0.25) is 0 Å². The number of likely N-dealkylation sites (N-methyl/N-ethyl adjacent to an activating group) is 1. The molecule has 0 saturated carbocycles. The van der Waals surface area contributed by atoms with E-state index in [4.69, 9.17) is 0 Å². The van der Waals surface area contributed by atoms with Crippen LogP contribution in [0.4, 0.5) is 0 Å². The van der Waals surface area contributed by atoms with Crippen molar-refractivity contribution in [2.24, 2.45) is 0 Å². The van der Waals surface area contributed by atoms with Gasteiger partial charge < -0.3 is 4.90 Å². The van der Waals surface area contributed by atoms with Crippen molar-refractivity contribution in [2.75, 3.05) is 20.6 Å². The molecule has 5 heteroatoms. The molecule has 0 radical (unpaired) electrons. The summed E-state index contributed by atoms with van der Waals surface area (Å²) in [5, 5.41) is 4.24. The highest BCUT2D eigenvalue weighted by molar-refractivity contribution is 9.11. The molecule has 0 atom stereocenters. The predicted octanol–water partition coefficient (Wildman–Crippen LogP) is 1.97. The Morgan fingerprint density at radius 1 is 1.50 bits per heavy atom. The molecule has 1 rings (SSSR count). The zero-order chi connectivity index (χ0) is 9.14. The van der Waals surface area contributed by atoms with E-state index in [2.05, 4.69) is 41.9 Å². The highest BCUT2D eigenvalue weighted by Crippen LogP contribution is 2.15. The van der Waals surface area contributed by atoms with E-state index < -0.39 is 0 Å². The van der Waals surface area contributed by atoms with E-state index in [0.29, 0.717) is 0 Å². The zero-order valence-corrected chi connectivity index (χ0v) is 10.3. The summed E-state index contributed by atoms with van der Waals surface area (Å²) in [5.74, 6) is 0. The third-order valence-electron chi connectivity index (χ3n) is 1.46. The minimum atomic E-state index is 0.869. The number of aromatic nitrogens is 2. The lowest BCUT2D eigenvalue weighted by Crippen LogP contribution is -2.19. The first-order valence-electron chi connectivity index (χ1n) is 3.63. The van der Waals surface area contributed by atoms with Gasteiger partial charge in [0, 0.05) is 12.6 Å². The average Bonchev–Trinajstić information content (AvgIpc) is 2.26. The number of halogens is 2. The maximum Gasteiger partial charge on any atom is 0.129 e. The van der Waals surface area contributed by atoms with Crippen molar-refractivity contribution in [3.8, 4) is 0 Å². The second kappa shape index (κ2) is 4.39. The molecule has 1 aromatic rings. The normalized spacial score (nSPS) is 11.1. The number of nitrogens with zero attached hydrogens (tertiary/aromatic N) is 3. The van der Waals surface area contributed by atoms with Gasteiger partial charge >= 0.3 is 0 Å². The lowest BCUT2D eigenvalue weighted by molar-refractivity contribution is 0.371. The lowest BCUT2D eigenvalue weighted by Gasteiger charge is -2.09. The van der Waals surface area contributed by atoms with E-state index >= 15 is 0 Å². The van der Waals surface area contributed by atoms with Crippen molar-refractivity contribution in [3.63, 3.8) is 0 Å². The number of hydrogen-bond donors (Lipinski definition) is 0. The van der Waals surface area contributed by atoms with Crippen LogP contribution in [0.3, 0.4) is 0 Å². The summed E-state index contributed by atoms with van der Waals surface area (Å²) in [6.45, 7) is 1.89. The molecule has 0 bridgehead atoms. The van der Waals surface area contributed by atoms with Gasteiger partial charge in [-0.1, -0.05) is 0 Å². The topological polar surface area (TPSA) is 21.1 Å². The fraction of sp³-hybridized carbons (Fsp3) is 0.571. The predicted molar refractivity (Wildman–Crippen MR) is 56.2 cm³/mol. The fourth-order valence-electron chi connectivity index (χ4n) is 0.816. The lowest BCUT2D eigenvalue weighted by atomic mass is 10.6. The van der Waals surface area contributed by atoms with Gasteiger partial charge in [-0.25, -0.2) is 0 Å². The van der Waals surface area contributed by atoms with Gasteiger partial charge in [-0.2, -0.15) is 5.10 Å². The molecule has 0 spiro atoms. The minimum absolute atomic E-state index is 0.869. The molecule has 1 heterocycles. The Hall–Kier alpha value is 0.130. The summed E-state index contributed by atoms with van der Waals surface area (Å²) < 4.78 is 3.80. The summed E-state index contributed by atoms with van der Waals surface area (Å²) in [4.78, 5) is 2.13. The summed E-state index contributed by atoms with van der Waals surface area (Å²) in [6.07, 6.45) is 0. The molecular weight excluding hydrogens is 286 g/mol. The third kappa shape index (κ3) is 2.88. The molecule has 0 saturated heterocycles. The Balaban J connectivity index is 2.57. The Morgan fingerprint density at radius 3 is 2.58 bits per heavy atom. The first-order chi connectivity index (χ1) is 5.59. The maximum atomic E-state index is 4.24. The smallest absolute Gasteiger partial charge is 0.129 e. The van der Waals surface area contributed by atoms with E-state index in [-0.39, 0.29) is 0 Å². The molecule has 0 aliphatic heterocycles. The maximum absolute atomic E-state index is 4.24. The molecule has 0 fully saturated rings. The van der Waals surface area contributed by atoms with Gasteiger partial charge in [-0.3, -0.25) is 4.68 Å². The van der Waals surface area contributed by atoms with Gasteiger partial charge in [-0.05, 0) is 46.0 Å². The molecule has 0 aliphatic rings. The van der Waals surface area contributed by atoms with E-state index in [1.54, 1.807) is 0 Å². The molecule has 0 aliphatic carbocycles. The molecule has 68 valence electrons. The van der Waals surface area contributed by atoms with Crippen molar-refractivity contribution in [1.29, 1.82) is 0 Å². The van der Waals surface area contributed by atoms with Crippen LogP contribution in [0.15, 0.2) is 15.3 Å². The van der Waals surface area contributed by atoms with Gasteiger partial charge in [0.15, 0.2) is 0 Å². The van der Waals surface area contributed by atoms with Crippen LogP contribution in [0, 0.1) is 0 Å². The van der Waals surface area contributed by atoms with Crippen LogP contribution in [-0.2, 0) is 6.54 Å². The van der Waals surface area contributed by atoms with Gasteiger partial charge in [0.1, 0.15) is 9.21 Å². The van der Waals surface area contributed by atoms with Gasteiger partial charge in [0.05, 0.1) is 6.54 Å². The van der Waals surface area contributed by atoms with Crippen molar-refractivity contribution in [1.82, 2.24) is 14.7 Å². The largest absolute Gasteiger partial charge is 0.308 e. The van der Waals surface area contributed by atoms with Gasteiger partial charge in [0.25, 0.3) is 0 Å². The minimum Gasteiger partial charge on any atom is -0.308 e. The van der Waals surface area contributed by atoms with Crippen LogP contribution < -0.4 is 0 Å². The third-order valence-corrected chi connectivity index (χ3v) is 2.49. The molecule has 0 unspecified atom stereocenters. The second-order valence-corrected chi connectivity index (χ2v) is 4.44. The molecule has 12 heavy (non-hydrogen) atoms. The SMILES string of the molecule is CN(C)CCn1nc(Br)cc1Br. The van der Waals surface area contributed by atoms with E-state index in [9.17, 15) is 0 Å². The summed E-state index contributed by atoms with van der Waals surface area (Å²) in [6, 6.07) is 1.94. The Bertz CT molecular complexity index is 257. The standard InChI is InChI=1S/C7H11Br2N3/c1-11(2)3-4-12-7(9)5-6(8)10-12/h5H,3-4H2,1-2H3. The molecule has 1 aromatic heterocycles. The Morgan fingerprint density at radius 2 is 2.17 bits per heavy atom. The summed E-state index contributed by atoms with van der Waals surface area (Å²) in [7, 11) is 4.10. The van der Waals surface area contributed by atoms with Crippen LogP contribution >= 0.6 is 31.9 Å². The molecule has 0 aromatic carbocycles. The molecular formula is C7H11Br2N3. The summed E-state index contributed by atoms with van der Waals surface area (Å²) in [5.41, 5.74) is 0. The molecule has 3 nitrogen and oxygen atoms in total. The van der Waals surface area contributed by atoms with Crippen LogP contribution in [0.1, 0.15) is 0 Å². The van der Waals surface area contributed by atoms with E-state index in [1.807, 2.05) is 24.8 Å². The van der Waals surface area contributed by atoms with Crippen LogP contribution in [0.25, 0.3) is 0 Å². The highest BCUT2D eigenvalue weighted by atomic mass is 79.9. The highest BCUT2D eigenvalue weighted by Gasteiger charge is 2.02. The Labute approximate surface area is 89.0 Å². The van der Waals surface area contributed by atoms with Gasteiger partial charge in [-0.15, -0.1) is 0 Å². The van der Waals surface area contributed by atoms with Crippen LogP contribution in [0.2, 0.25) is 0 Å². The van der Waals surface area contributed by atoms with E-state index in [0.717, 1.165) is 22.3 Å². The quantitative estimate of drug-likeness (QED) is 0.850. The molecule has 0 amide bonds. The molecule has 0 N–H and O–H groups in total. The van der Waals surface area contributed by atoms with Crippen LogP contribution in [0.5, 0.6) is 0 Å². The van der Waals surface area contributed by atoms with Crippen molar-refractivity contribution in [2.45, 2.75) is 6.54 Å². The van der Waals surface area contributed by atoms with Crippen molar-refractivity contribution < 1.29 is 0 Å². The fourth-order valence-corrected chi connectivity index (χ4v) is 2.01. The number of rotatable bonds is 3. The first kappa shape index (κ1) is 10.2. The van der Waals surface area contributed by atoms with Crippen molar-refractivity contribution >= 4 is 31.9 Å². The van der Waals surface area contributed by atoms with Crippen LogP contribution in [-0.4, -0.2) is 35.3 Å². The number of hydrogen-bond acceptors (Lipinski definition) is 2. The average molecular weight is 297 g/mol. The Kier molecular flexibility index (Phi) is 3.74. The first-order valence-corrected chi connectivity index (χ1v) is 5.22.